The van der Waals surface area contributed by atoms with E-state index >= 15 is 0 Å². The number of anilines is 1. The molecule has 0 atom stereocenters. The zero-order valence-electron chi connectivity index (χ0n) is 8.58. The molecule has 1 N–H and O–H groups in total. The lowest BCUT2D eigenvalue weighted by Crippen LogP contribution is -2.11. The van der Waals surface area contributed by atoms with E-state index in [1.54, 1.807) is 0 Å². The van der Waals surface area contributed by atoms with E-state index in [9.17, 15) is 4.79 Å². The quantitative estimate of drug-likeness (QED) is 0.625. The minimum absolute atomic E-state index is 0.264. The van der Waals surface area contributed by atoms with Crippen molar-refractivity contribution in [2.45, 2.75) is 13.3 Å². The number of aromatic nitrogens is 2. The van der Waals surface area contributed by atoms with Gasteiger partial charge in [-0.1, -0.05) is 11.6 Å². The molecule has 0 radical (unpaired) electrons. The molecule has 0 aliphatic heterocycles. The minimum atomic E-state index is -0.264. The van der Waals surface area contributed by atoms with Gasteiger partial charge in [0.2, 0.25) is 0 Å². The molecule has 0 bridgehead atoms. The molecule has 0 unspecified atom stereocenters. The van der Waals surface area contributed by atoms with Crippen LogP contribution in [0.1, 0.15) is 12.0 Å². The number of hydrogen-bond donors (Lipinski definition) is 1. The molecule has 0 saturated carbocycles. The van der Waals surface area contributed by atoms with Crippen LogP contribution < -0.4 is 5.32 Å². The molecule has 15 heavy (non-hydrogen) atoms. The van der Waals surface area contributed by atoms with Crippen LogP contribution in [0.3, 0.4) is 0 Å². The van der Waals surface area contributed by atoms with Crippen LogP contribution in [-0.4, -0.2) is 29.6 Å². The Hall–Kier alpha value is -1.36. The molecule has 82 valence electrons. The van der Waals surface area contributed by atoms with Gasteiger partial charge in [0, 0.05) is 12.1 Å². The van der Waals surface area contributed by atoms with Crippen molar-refractivity contribution in [1.29, 1.82) is 0 Å². The molecule has 0 aliphatic carbocycles. The largest absolute Gasteiger partial charge is 0.469 e. The van der Waals surface area contributed by atoms with E-state index in [4.69, 9.17) is 11.6 Å². The zero-order valence-corrected chi connectivity index (χ0v) is 9.34. The number of carbonyl (C=O) groups is 1. The molecule has 0 amide bonds. The lowest BCUT2D eigenvalue weighted by atomic mass is 10.3. The summed E-state index contributed by atoms with van der Waals surface area (Å²) in [7, 11) is 1.36. The van der Waals surface area contributed by atoms with Crippen LogP contribution in [0.25, 0.3) is 0 Å². The smallest absolute Gasteiger partial charge is 0.307 e. The fraction of sp³-hybridized carbons (Fsp3) is 0.444. The first kappa shape index (κ1) is 11.7. The summed E-state index contributed by atoms with van der Waals surface area (Å²) in [4.78, 5) is 18.7. The summed E-state index contributed by atoms with van der Waals surface area (Å²) in [5, 5.41) is 3.39. The number of halogens is 1. The first-order valence-electron chi connectivity index (χ1n) is 4.43. The number of rotatable bonds is 4. The summed E-state index contributed by atoms with van der Waals surface area (Å²) in [6.45, 7) is 2.27. The zero-order chi connectivity index (χ0) is 11.3. The number of carbonyl (C=O) groups excluding carboxylic acids is 1. The summed E-state index contributed by atoms with van der Waals surface area (Å²) in [6, 6.07) is 0. The van der Waals surface area contributed by atoms with Crippen LogP contribution in [-0.2, 0) is 9.53 Å². The van der Waals surface area contributed by atoms with Crippen molar-refractivity contribution in [3.63, 3.8) is 0 Å². The van der Waals surface area contributed by atoms with Crippen LogP contribution in [0.15, 0.2) is 6.33 Å². The van der Waals surface area contributed by atoms with Crippen molar-refractivity contribution in [2.24, 2.45) is 0 Å². The van der Waals surface area contributed by atoms with Crippen molar-refractivity contribution < 1.29 is 9.53 Å². The molecule has 0 fully saturated rings. The van der Waals surface area contributed by atoms with Gasteiger partial charge in [0.15, 0.2) is 0 Å². The van der Waals surface area contributed by atoms with Gasteiger partial charge in [-0.15, -0.1) is 0 Å². The highest BCUT2D eigenvalue weighted by Gasteiger charge is 2.05. The van der Waals surface area contributed by atoms with Crippen LogP contribution in [0.2, 0.25) is 5.15 Å². The van der Waals surface area contributed by atoms with Crippen molar-refractivity contribution in [3.8, 4) is 0 Å². The summed E-state index contributed by atoms with van der Waals surface area (Å²) < 4.78 is 4.50. The maximum Gasteiger partial charge on any atom is 0.307 e. The van der Waals surface area contributed by atoms with Crippen molar-refractivity contribution in [2.75, 3.05) is 19.0 Å². The predicted octanol–water partition coefficient (Wildman–Crippen LogP) is 1.41. The van der Waals surface area contributed by atoms with Crippen molar-refractivity contribution in [1.82, 2.24) is 9.97 Å². The van der Waals surface area contributed by atoms with Crippen LogP contribution in [0, 0.1) is 6.92 Å². The Labute approximate surface area is 92.8 Å². The van der Waals surface area contributed by atoms with E-state index in [0.717, 1.165) is 5.56 Å². The van der Waals surface area contributed by atoms with E-state index in [-0.39, 0.29) is 12.4 Å². The van der Waals surface area contributed by atoms with E-state index in [2.05, 4.69) is 20.0 Å². The highest BCUT2D eigenvalue weighted by molar-refractivity contribution is 6.30. The maximum absolute atomic E-state index is 10.8. The van der Waals surface area contributed by atoms with Gasteiger partial charge in [-0.2, -0.15) is 0 Å². The molecule has 6 heteroatoms. The van der Waals surface area contributed by atoms with Crippen molar-refractivity contribution >= 4 is 23.4 Å². The summed E-state index contributed by atoms with van der Waals surface area (Å²) in [5.74, 6) is 0.374. The average Bonchev–Trinajstić information content (AvgIpc) is 2.24. The molecule has 1 aromatic heterocycles. The molecule has 0 aliphatic rings. The Morgan fingerprint density at radius 2 is 2.33 bits per heavy atom. The second kappa shape index (κ2) is 5.50. The number of esters is 1. The number of hydrogen-bond acceptors (Lipinski definition) is 5. The number of nitrogens with zero attached hydrogens (tertiary/aromatic N) is 2. The maximum atomic E-state index is 10.8. The number of nitrogens with one attached hydrogen (secondary N) is 1. The number of ether oxygens (including phenoxy) is 1. The summed E-state index contributed by atoms with van der Waals surface area (Å²) in [6.07, 6.45) is 1.66. The molecule has 1 heterocycles. The fourth-order valence-electron chi connectivity index (χ4n) is 0.992. The van der Waals surface area contributed by atoms with Crippen LogP contribution >= 0.6 is 11.6 Å². The molecule has 5 nitrogen and oxygen atoms in total. The monoisotopic (exact) mass is 229 g/mol. The molecular formula is C9H12ClN3O2. The molecular weight excluding hydrogens is 218 g/mol. The van der Waals surface area contributed by atoms with E-state index < -0.39 is 0 Å². The highest BCUT2D eigenvalue weighted by atomic mass is 35.5. The molecule has 0 aromatic carbocycles. The Morgan fingerprint density at radius 3 is 3.00 bits per heavy atom. The Bertz CT molecular complexity index is 357. The van der Waals surface area contributed by atoms with E-state index in [1.807, 2.05) is 6.92 Å². The Kier molecular flexibility index (Phi) is 4.30. The summed E-state index contributed by atoms with van der Waals surface area (Å²) in [5.41, 5.74) is 0.768. The third-order valence-electron chi connectivity index (χ3n) is 1.87. The van der Waals surface area contributed by atoms with Gasteiger partial charge in [0.1, 0.15) is 17.3 Å². The van der Waals surface area contributed by atoms with Gasteiger partial charge in [0.05, 0.1) is 13.5 Å². The lowest BCUT2D eigenvalue weighted by Gasteiger charge is -2.07. The second-order valence-corrected chi connectivity index (χ2v) is 3.25. The third-order valence-corrected chi connectivity index (χ3v) is 2.25. The van der Waals surface area contributed by atoms with E-state index in [1.165, 1.54) is 13.4 Å². The normalized spacial score (nSPS) is 9.80. The highest BCUT2D eigenvalue weighted by Crippen LogP contribution is 2.17. The summed E-state index contributed by atoms with van der Waals surface area (Å²) >= 11 is 5.80. The van der Waals surface area contributed by atoms with Gasteiger partial charge >= 0.3 is 5.97 Å². The molecule has 0 spiro atoms. The standard InChI is InChI=1S/C9H12ClN3O2/c1-6-8(10)12-5-13-9(6)11-4-3-7(14)15-2/h5H,3-4H2,1-2H3,(H,11,12,13). The molecule has 1 aromatic rings. The molecule has 1 rings (SSSR count). The van der Waals surface area contributed by atoms with Gasteiger partial charge in [-0.3, -0.25) is 4.79 Å². The van der Waals surface area contributed by atoms with Gasteiger partial charge < -0.3 is 10.1 Å². The third kappa shape index (κ3) is 3.36. The Morgan fingerprint density at radius 1 is 1.60 bits per heavy atom. The van der Waals surface area contributed by atoms with Crippen LogP contribution in [0.4, 0.5) is 5.82 Å². The minimum Gasteiger partial charge on any atom is -0.469 e. The fourth-order valence-corrected chi connectivity index (χ4v) is 1.13. The number of methoxy groups -OCH3 is 1. The topological polar surface area (TPSA) is 64.1 Å². The molecule has 0 saturated heterocycles. The first-order chi connectivity index (χ1) is 7.15. The van der Waals surface area contributed by atoms with Crippen LogP contribution in [0.5, 0.6) is 0 Å². The SMILES string of the molecule is COC(=O)CCNc1ncnc(Cl)c1C. The lowest BCUT2D eigenvalue weighted by molar-refractivity contribution is -0.140. The van der Waals surface area contributed by atoms with Gasteiger partial charge in [-0.05, 0) is 6.92 Å². The average molecular weight is 230 g/mol. The Balaban J connectivity index is 2.51. The van der Waals surface area contributed by atoms with Gasteiger partial charge in [0.25, 0.3) is 0 Å². The predicted molar refractivity (Wildman–Crippen MR) is 56.9 cm³/mol. The van der Waals surface area contributed by atoms with Crippen molar-refractivity contribution in [3.05, 3.63) is 17.0 Å². The van der Waals surface area contributed by atoms with E-state index in [0.29, 0.717) is 17.5 Å². The van der Waals surface area contributed by atoms with Gasteiger partial charge in [-0.25, -0.2) is 9.97 Å². The first-order valence-corrected chi connectivity index (χ1v) is 4.80. The second-order valence-electron chi connectivity index (χ2n) is 2.89.